The lowest BCUT2D eigenvalue weighted by Crippen LogP contribution is -2.41. The Labute approximate surface area is 208 Å². The van der Waals surface area contributed by atoms with Gasteiger partial charge >= 0.3 is 5.69 Å². The van der Waals surface area contributed by atoms with E-state index >= 15 is 0 Å². The zero-order valence-corrected chi connectivity index (χ0v) is 20.3. The maximum atomic E-state index is 13.4. The van der Waals surface area contributed by atoms with Crippen LogP contribution in [-0.2, 0) is 16.0 Å². The van der Waals surface area contributed by atoms with Crippen molar-refractivity contribution < 1.29 is 14.3 Å². The zero-order chi connectivity index (χ0) is 24.5. The Morgan fingerprint density at radius 3 is 2.77 bits per heavy atom. The Hall–Kier alpha value is -3.47. The molecule has 1 fully saturated rings. The molecule has 11 heteroatoms. The smallest absolute Gasteiger partial charge is 0.333 e. The fourth-order valence-corrected chi connectivity index (χ4v) is 5.34. The van der Waals surface area contributed by atoms with Crippen LogP contribution in [0.1, 0.15) is 5.56 Å². The summed E-state index contributed by atoms with van der Waals surface area (Å²) >= 11 is 7.60. The quantitative estimate of drug-likeness (QED) is 0.440. The van der Waals surface area contributed by atoms with Crippen molar-refractivity contribution in [3.8, 4) is 21.9 Å². The van der Waals surface area contributed by atoms with Gasteiger partial charge in [0.05, 0.1) is 44.1 Å². The molecule has 1 aliphatic rings. The van der Waals surface area contributed by atoms with E-state index in [9.17, 15) is 14.4 Å². The second-order valence-electron chi connectivity index (χ2n) is 7.99. The topological polar surface area (TPSA) is 107 Å². The first-order chi connectivity index (χ1) is 16.9. The van der Waals surface area contributed by atoms with Crippen molar-refractivity contribution in [2.75, 3.05) is 33.4 Å². The fraction of sp³-hybridized carbons (Fsp3) is 0.250. The molecule has 35 heavy (non-hydrogen) atoms. The number of methoxy groups -OCH3 is 1. The lowest BCUT2D eigenvalue weighted by molar-refractivity contribution is -0.134. The molecule has 5 rings (SSSR count). The minimum atomic E-state index is -0.595. The number of pyridine rings is 1. The van der Waals surface area contributed by atoms with E-state index in [-0.39, 0.29) is 12.3 Å². The lowest BCUT2D eigenvalue weighted by Gasteiger charge is -2.26. The molecule has 1 N–H and O–H groups in total. The van der Waals surface area contributed by atoms with E-state index in [0.717, 1.165) is 9.44 Å². The standard InChI is InChI=1S/C24H21ClN4O5S/c1-33-16-2-3-18(25)17(10-16)20-11-19-22(35-20)23(31)29(24(32)27-19)15-8-14(12-26-13-15)9-21(30)28-4-6-34-7-5-28/h2-3,8,10-13H,4-7,9H2,1H3,(H,27,32). The van der Waals surface area contributed by atoms with Gasteiger partial charge in [0.1, 0.15) is 10.4 Å². The second kappa shape index (κ2) is 9.65. The number of aromatic amines is 1. The van der Waals surface area contributed by atoms with Crippen LogP contribution in [0.5, 0.6) is 5.75 Å². The third kappa shape index (κ3) is 4.60. The first-order valence-electron chi connectivity index (χ1n) is 10.9. The van der Waals surface area contributed by atoms with Crippen LogP contribution < -0.4 is 16.0 Å². The molecule has 4 heterocycles. The van der Waals surface area contributed by atoms with Crippen molar-refractivity contribution in [1.29, 1.82) is 0 Å². The molecule has 0 unspecified atom stereocenters. The van der Waals surface area contributed by atoms with E-state index in [0.29, 0.717) is 64.1 Å². The third-order valence-electron chi connectivity index (χ3n) is 5.77. The zero-order valence-electron chi connectivity index (χ0n) is 18.7. The molecule has 0 aliphatic carbocycles. The number of aromatic nitrogens is 3. The predicted molar refractivity (Wildman–Crippen MR) is 134 cm³/mol. The van der Waals surface area contributed by atoms with E-state index in [2.05, 4.69) is 9.97 Å². The Morgan fingerprint density at radius 2 is 2.00 bits per heavy atom. The third-order valence-corrected chi connectivity index (χ3v) is 7.26. The van der Waals surface area contributed by atoms with Crippen LogP contribution in [0.2, 0.25) is 5.02 Å². The number of hydrogen-bond acceptors (Lipinski definition) is 7. The summed E-state index contributed by atoms with van der Waals surface area (Å²) in [6, 6.07) is 8.61. The molecule has 0 saturated carbocycles. The van der Waals surface area contributed by atoms with E-state index in [1.165, 1.54) is 17.5 Å². The van der Waals surface area contributed by atoms with Gasteiger partial charge in [-0.05, 0) is 35.9 Å². The van der Waals surface area contributed by atoms with Crippen molar-refractivity contribution >= 4 is 39.1 Å². The lowest BCUT2D eigenvalue weighted by atomic mass is 10.1. The summed E-state index contributed by atoms with van der Waals surface area (Å²) in [6.45, 7) is 2.11. The number of morpholine rings is 1. The summed E-state index contributed by atoms with van der Waals surface area (Å²) in [6.07, 6.45) is 3.11. The minimum absolute atomic E-state index is 0.0537. The van der Waals surface area contributed by atoms with Gasteiger partial charge in [-0.3, -0.25) is 14.6 Å². The monoisotopic (exact) mass is 512 g/mol. The molecule has 180 valence electrons. The highest BCUT2D eigenvalue weighted by atomic mass is 35.5. The van der Waals surface area contributed by atoms with E-state index in [4.69, 9.17) is 21.1 Å². The van der Waals surface area contributed by atoms with Crippen LogP contribution in [0.25, 0.3) is 26.3 Å². The van der Waals surface area contributed by atoms with Gasteiger partial charge in [-0.15, -0.1) is 11.3 Å². The predicted octanol–water partition coefficient (Wildman–Crippen LogP) is 2.87. The number of nitrogens with zero attached hydrogens (tertiary/aromatic N) is 3. The molecular weight excluding hydrogens is 492 g/mol. The van der Waals surface area contributed by atoms with Gasteiger partial charge in [-0.1, -0.05) is 11.6 Å². The van der Waals surface area contributed by atoms with Gasteiger partial charge in [0.15, 0.2) is 0 Å². The Kier molecular flexibility index (Phi) is 6.42. The largest absolute Gasteiger partial charge is 0.497 e. The number of hydrogen-bond donors (Lipinski definition) is 1. The van der Waals surface area contributed by atoms with Crippen LogP contribution in [0.4, 0.5) is 0 Å². The minimum Gasteiger partial charge on any atom is -0.497 e. The van der Waals surface area contributed by atoms with Crippen LogP contribution in [0.3, 0.4) is 0 Å². The van der Waals surface area contributed by atoms with Crippen LogP contribution in [0, 0.1) is 0 Å². The number of nitrogens with one attached hydrogen (secondary N) is 1. The molecule has 0 atom stereocenters. The number of halogens is 1. The second-order valence-corrected chi connectivity index (χ2v) is 9.45. The number of fused-ring (bicyclic) bond motifs is 1. The average Bonchev–Trinajstić information content (AvgIpc) is 3.29. The summed E-state index contributed by atoms with van der Waals surface area (Å²) in [5.41, 5.74) is 0.950. The summed E-state index contributed by atoms with van der Waals surface area (Å²) in [5, 5.41) is 0.502. The summed E-state index contributed by atoms with van der Waals surface area (Å²) in [7, 11) is 1.56. The summed E-state index contributed by atoms with van der Waals surface area (Å²) in [4.78, 5) is 48.3. The van der Waals surface area contributed by atoms with Crippen molar-refractivity contribution in [2.45, 2.75) is 6.42 Å². The molecular formula is C24H21ClN4O5S. The fourth-order valence-electron chi connectivity index (χ4n) is 3.99. The Balaban J connectivity index is 1.52. The van der Waals surface area contributed by atoms with Gasteiger partial charge in [-0.25, -0.2) is 9.36 Å². The van der Waals surface area contributed by atoms with Crippen molar-refractivity contribution in [3.05, 3.63) is 74.1 Å². The average molecular weight is 513 g/mol. The Morgan fingerprint density at radius 1 is 1.20 bits per heavy atom. The summed E-state index contributed by atoms with van der Waals surface area (Å²) in [5.74, 6) is 0.573. The molecule has 1 amide bonds. The van der Waals surface area contributed by atoms with Crippen molar-refractivity contribution in [1.82, 2.24) is 19.4 Å². The molecule has 0 radical (unpaired) electrons. The number of thiophene rings is 1. The number of H-pyrrole nitrogens is 1. The van der Waals surface area contributed by atoms with E-state index < -0.39 is 11.2 Å². The van der Waals surface area contributed by atoms with E-state index in [1.54, 1.807) is 48.5 Å². The highest BCUT2D eigenvalue weighted by Crippen LogP contribution is 2.37. The molecule has 1 aliphatic heterocycles. The van der Waals surface area contributed by atoms with E-state index in [1.807, 2.05) is 0 Å². The Bertz CT molecular complexity index is 1540. The number of carbonyl (C=O) groups excluding carboxylic acids is 1. The molecule has 1 saturated heterocycles. The van der Waals surface area contributed by atoms with Gasteiger partial charge < -0.3 is 19.4 Å². The molecule has 0 bridgehead atoms. The maximum Gasteiger partial charge on any atom is 0.333 e. The van der Waals surface area contributed by atoms with Gasteiger partial charge in [0.25, 0.3) is 5.56 Å². The molecule has 0 spiro atoms. The SMILES string of the molecule is COc1ccc(Cl)c(-c2cc3[nH]c(=O)n(-c4cncc(CC(=O)N5CCOCC5)c4)c(=O)c3s2)c1. The van der Waals surface area contributed by atoms with Crippen LogP contribution in [-0.4, -0.2) is 58.8 Å². The van der Waals surface area contributed by atoms with Crippen LogP contribution >= 0.6 is 22.9 Å². The van der Waals surface area contributed by atoms with Gasteiger partial charge in [-0.2, -0.15) is 0 Å². The van der Waals surface area contributed by atoms with Gasteiger partial charge in [0, 0.05) is 34.7 Å². The molecule has 3 aromatic heterocycles. The molecule has 9 nitrogen and oxygen atoms in total. The number of amides is 1. The number of ether oxygens (including phenoxy) is 2. The first kappa shape index (κ1) is 23.3. The molecule has 4 aromatic rings. The normalized spacial score (nSPS) is 13.8. The van der Waals surface area contributed by atoms with Crippen molar-refractivity contribution in [2.24, 2.45) is 0 Å². The van der Waals surface area contributed by atoms with Crippen LogP contribution in [0.15, 0.2) is 52.3 Å². The number of benzene rings is 1. The summed E-state index contributed by atoms with van der Waals surface area (Å²) < 4.78 is 12.0. The first-order valence-corrected chi connectivity index (χ1v) is 12.1. The van der Waals surface area contributed by atoms with Gasteiger partial charge in [0.2, 0.25) is 5.91 Å². The number of carbonyl (C=O) groups is 1. The maximum absolute atomic E-state index is 13.4. The number of rotatable bonds is 5. The molecule has 1 aromatic carbocycles. The highest BCUT2D eigenvalue weighted by Gasteiger charge is 2.19. The van der Waals surface area contributed by atoms with Crippen molar-refractivity contribution in [3.63, 3.8) is 0 Å². The highest BCUT2D eigenvalue weighted by molar-refractivity contribution is 7.22.